The van der Waals surface area contributed by atoms with Crippen molar-refractivity contribution in [3.8, 4) is 0 Å². The van der Waals surface area contributed by atoms with Crippen LogP contribution in [0.3, 0.4) is 0 Å². The van der Waals surface area contributed by atoms with E-state index in [0.717, 1.165) is 25.7 Å². The van der Waals surface area contributed by atoms with Crippen molar-refractivity contribution in [2.75, 3.05) is 26.2 Å². The molecule has 0 unspecified atom stereocenters. The molecule has 0 spiro atoms. The molecule has 2 nitrogen and oxygen atoms in total. The summed E-state index contributed by atoms with van der Waals surface area (Å²) in [7, 11) is 0. The second-order valence-corrected chi connectivity index (χ2v) is 4.30. The lowest BCUT2D eigenvalue weighted by atomic mass is 10.4. The van der Waals surface area contributed by atoms with Crippen LogP contribution in [-0.2, 0) is 0 Å². The highest BCUT2D eigenvalue weighted by molar-refractivity contribution is 6.36. The smallest absolute Gasteiger partial charge is 0.0431 e. The minimum atomic E-state index is 0.668. The summed E-state index contributed by atoms with van der Waals surface area (Å²) >= 11 is 11.2. The lowest BCUT2D eigenvalue weighted by molar-refractivity contribution is 0.278. The van der Waals surface area contributed by atoms with Gasteiger partial charge < -0.3 is 5.32 Å². The van der Waals surface area contributed by atoms with E-state index in [1.165, 1.54) is 18.4 Å². The molecule has 4 heteroatoms. The van der Waals surface area contributed by atoms with Gasteiger partial charge in [0.15, 0.2) is 0 Å². The highest BCUT2D eigenvalue weighted by atomic mass is 35.5. The molecule has 0 aromatic rings. The molecule has 1 fully saturated rings. The molecule has 0 heterocycles. The van der Waals surface area contributed by atoms with Crippen LogP contribution in [0.25, 0.3) is 0 Å². The fourth-order valence-corrected chi connectivity index (χ4v) is 1.68. The molecule has 0 aromatic heterocycles. The van der Waals surface area contributed by atoms with Crippen LogP contribution in [0.4, 0.5) is 0 Å². The number of nitrogens with zero attached hydrogens (tertiary/aromatic N) is 1. The van der Waals surface area contributed by atoms with E-state index in [1.54, 1.807) is 0 Å². The average molecular weight is 237 g/mol. The molecule has 1 aliphatic rings. The normalized spacial score (nSPS) is 17.9. The molecule has 0 amide bonds. The second-order valence-electron chi connectivity index (χ2n) is 3.59. The maximum atomic E-state index is 5.74. The van der Waals surface area contributed by atoms with Crippen LogP contribution in [0.1, 0.15) is 19.8 Å². The first kappa shape index (κ1) is 12.3. The summed E-state index contributed by atoms with van der Waals surface area (Å²) in [5.41, 5.74) is 1.41. The van der Waals surface area contributed by atoms with Crippen molar-refractivity contribution in [1.29, 1.82) is 0 Å². The van der Waals surface area contributed by atoms with Gasteiger partial charge in [0, 0.05) is 36.2 Å². The lowest BCUT2D eigenvalue weighted by Crippen LogP contribution is -2.34. The van der Waals surface area contributed by atoms with Gasteiger partial charge in [0.1, 0.15) is 0 Å². The van der Waals surface area contributed by atoms with E-state index in [1.807, 2.05) is 0 Å². The van der Waals surface area contributed by atoms with E-state index in [-0.39, 0.29) is 0 Å². The number of hydrogen-bond donors (Lipinski definition) is 1. The molecule has 0 atom stereocenters. The minimum Gasteiger partial charge on any atom is -0.310 e. The Hall–Kier alpha value is 0.240. The SMILES string of the molecule is CCN(CCNCC(Cl)=CCl)C1CC1. The molecule has 82 valence electrons. The zero-order chi connectivity index (χ0) is 10.4. The predicted molar refractivity (Wildman–Crippen MR) is 62.9 cm³/mol. The van der Waals surface area contributed by atoms with E-state index in [9.17, 15) is 0 Å². The third-order valence-electron chi connectivity index (χ3n) is 2.46. The van der Waals surface area contributed by atoms with Crippen LogP contribution in [0.2, 0.25) is 0 Å². The summed E-state index contributed by atoms with van der Waals surface area (Å²) in [5, 5.41) is 3.92. The molecule has 0 radical (unpaired) electrons. The van der Waals surface area contributed by atoms with Crippen molar-refractivity contribution in [3.63, 3.8) is 0 Å². The molecule has 1 saturated carbocycles. The minimum absolute atomic E-state index is 0.668. The number of nitrogens with one attached hydrogen (secondary N) is 1. The van der Waals surface area contributed by atoms with Gasteiger partial charge in [-0.05, 0) is 19.4 Å². The third kappa shape index (κ3) is 4.65. The van der Waals surface area contributed by atoms with E-state index in [4.69, 9.17) is 23.2 Å². The molecule has 1 aliphatic carbocycles. The van der Waals surface area contributed by atoms with Crippen molar-refractivity contribution < 1.29 is 0 Å². The van der Waals surface area contributed by atoms with Gasteiger partial charge in [0.2, 0.25) is 0 Å². The first-order chi connectivity index (χ1) is 6.77. The van der Waals surface area contributed by atoms with Crippen LogP contribution in [-0.4, -0.2) is 37.1 Å². The van der Waals surface area contributed by atoms with Crippen molar-refractivity contribution in [3.05, 3.63) is 10.6 Å². The summed E-state index contributed by atoms with van der Waals surface area (Å²) < 4.78 is 0. The van der Waals surface area contributed by atoms with Crippen LogP contribution in [0.5, 0.6) is 0 Å². The molecule has 0 bridgehead atoms. The molecule has 0 aromatic carbocycles. The number of likely N-dealkylation sites (N-methyl/N-ethyl adjacent to an activating group) is 1. The topological polar surface area (TPSA) is 15.3 Å². The summed E-state index contributed by atoms with van der Waals surface area (Å²) in [6.45, 7) is 6.11. The molecule has 14 heavy (non-hydrogen) atoms. The third-order valence-corrected chi connectivity index (χ3v) is 3.08. The van der Waals surface area contributed by atoms with Gasteiger partial charge in [-0.25, -0.2) is 0 Å². The fourth-order valence-electron chi connectivity index (χ4n) is 1.51. The Labute approximate surface area is 96.2 Å². The maximum Gasteiger partial charge on any atom is 0.0431 e. The van der Waals surface area contributed by atoms with Gasteiger partial charge >= 0.3 is 0 Å². The predicted octanol–water partition coefficient (Wildman–Crippen LogP) is 2.38. The van der Waals surface area contributed by atoms with Gasteiger partial charge in [-0.1, -0.05) is 30.1 Å². The highest BCUT2D eigenvalue weighted by Crippen LogP contribution is 2.25. The molecule has 1 rings (SSSR count). The van der Waals surface area contributed by atoms with Crippen molar-refractivity contribution in [2.24, 2.45) is 0 Å². The van der Waals surface area contributed by atoms with Gasteiger partial charge in [0.05, 0.1) is 0 Å². The fraction of sp³-hybridized carbons (Fsp3) is 0.800. The molecular weight excluding hydrogens is 219 g/mol. The van der Waals surface area contributed by atoms with Crippen molar-refractivity contribution in [2.45, 2.75) is 25.8 Å². The van der Waals surface area contributed by atoms with E-state index in [2.05, 4.69) is 17.1 Å². The van der Waals surface area contributed by atoms with Crippen molar-refractivity contribution >= 4 is 23.2 Å². The summed E-state index contributed by atoms with van der Waals surface area (Å²) in [5.74, 6) is 0. The highest BCUT2D eigenvalue weighted by Gasteiger charge is 2.26. The second kappa shape index (κ2) is 6.67. The van der Waals surface area contributed by atoms with Gasteiger partial charge in [-0.3, -0.25) is 4.90 Å². The molecule has 0 saturated heterocycles. The van der Waals surface area contributed by atoms with E-state index >= 15 is 0 Å². The zero-order valence-corrected chi connectivity index (χ0v) is 10.1. The number of hydrogen-bond acceptors (Lipinski definition) is 2. The van der Waals surface area contributed by atoms with Gasteiger partial charge in [0.25, 0.3) is 0 Å². The monoisotopic (exact) mass is 236 g/mol. The Bertz CT molecular complexity index is 191. The first-order valence-electron chi connectivity index (χ1n) is 5.17. The lowest BCUT2D eigenvalue weighted by Gasteiger charge is -2.19. The largest absolute Gasteiger partial charge is 0.310 e. The van der Waals surface area contributed by atoms with E-state index < -0.39 is 0 Å². The van der Waals surface area contributed by atoms with Crippen LogP contribution >= 0.6 is 23.2 Å². The standard InChI is InChI=1S/C10H18Cl2N2/c1-2-14(10-3-4-10)6-5-13-8-9(12)7-11/h7,10,13H,2-6,8H2,1H3. The summed E-state index contributed by atoms with van der Waals surface area (Å²) in [4.78, 5) is 2.51. The molecule has 1 N–H and O–H groups in total. The Morgan fingerprint density at radius 1 is 1.57 bits per heavy atom. The van der Waals surface area contributed by atoms with Crippen LogP contribution in [0.15, 0.2) is 10.6 Å². The Balaban J connectivity index is 2.01. The van der Waals surface area contributed by atoms with Gasteiger partial charge in [-0.15, -0.1) is 0 Å². The van der Waals surface area contributed by atoms with Crippen LogP contribution < -0.4 is 5.32 Å². The molecule has 0 aliphatic heterocycles. The Morgan fingerprint density at radius 3 is 2.79 bits per heavy atom. The maximum absolute atomic E-state index is 5.74. The summed E-state index contributed by atoms with van der Waals surface area (Å²) in [6, 6.07) is 0.848. The van der Waals surface area contributed by atoms with E-state index in [0.29, 0.717) is 11.6 Å². The van der Waals surface area contributed by atoms with Crippen LogP contribution in [0, 0.1) is 0 Å². The quantitative estimate of drug-likeness (QED) is 0.684. The number of rotatable bonds is 7. The zero-order valence-electron chi connectivity index (χ0n) is 8.60. The van der Waals surface area contributed by atoms with Crippen molar-refractivity contribution in [1.82, 2.24) is 10.2 Å². The number of halogens is 2. The van der Waals surface area contributed by atoms with Gasteiger partial charge in [-0.2, -0.15) is 0 Å². The molecular formula is C10H18Cl2N2. The first-order valence-corrected chi connectivity index (χ1v) is 5.99. The average Bonchev–Trinajstić information content (AvgIpc) is 3.01. The summed E-state index contributed by atoms with van der Waals surface area (Å²) in [6.07, 6.45) is 2.74. The Kier molecular flexibility index (Phi) is 5.87. The Morgan fingerprint density at radius 2 is 2.29 bits per heavy atom.